The maximum Gasteiger partial charge on any atom is 0.320 e. The fraction of sp³-hybridized carbons (Fsp3) is 0.600. The molecule has 0 bridgehead atoms. The smallest absolute Gasteiger partial charge is 0.320 e. The molecule has 0 saturated carbocycles. The molecule has 0 aliphatic heterocycles. The summed E-state index contributed by atoms with van der Waals surface area (Å²) < 4.78 is 0. The van der Waals surface area contributed by atoms with Crippen molar-refractivity contribution in [2.75, 3.05) is 0 Å². The lowest BCUT2D eigenvalue weighted by molar-refractivity contribution is -0.139. The molecule has 7 heteroatoms. The molecular weight excluding hydrogens is 170 g/mol. The fourth-order valence-electron chi connectivity index (χ4n) is 0.402. The Bertz CT molecular complexity index is 147. The molecule has 0 heterocycles. The largest absolute Gasteiger partial charge is 0.481 e. The first-order valence-corrected chi connectivity index (χ1v) is 2.74. The van der Waals surface area contributed by atoms with Crippen molar-refractivity contribution in [1.82, 2.24) is 0 Å². The average molecular weight is 183 g/mol. The molecular formula is C5H13NO6. The van der Waals surface area contributed by atoms with Crippen LogP contribution < -0.4 is 5.73 Å². The van der Waals surface area contributed by atoms with Crippen LogP contribution in [0.4, 0.5) is 0 Å². The molecule has 7 nitrogen and oxygen atoms in total. The van der Waals surface area contributed by atoms with Crippen LogP contribution in [0.2, 0.25) is 0 Å². The highest BCUT2D eigenvalue weighted by atomic mass is 16.4. The van der Waals surface area contributed by atoms with Gasteiger partial charge in [0.2, 0.25) is 0 Å². The Balaban J connectivity index is -0.000000405. The minimum Gasteiger partial charge on any atom is -0.481 e. The SMILES string of the molecule is N[C@@H](CCC(=O)O)C(=O)O.O.O. The molecule has 0 spiro atoms. The van der Waals surface area contributed by atoms with Gasteiger partial charge in [-0.1, -0.05) is 0 Å². The van der Waals surface area contributed by atoms with Gasteiger partial charge in [-0.15, -0.1) is 0 Å². The molecule has 74 valence electrons. The molecule has 0 amide bonds. The Morgan fingerprint density at radius 3 is 1.92 bits per heavy atom. The topological polar surface area (TPSA) is 164 Å². The number of carboxylic acid groups (broad SMARTS) is 2. The first-order valence-electron chi connectivity index (χ1n) is 2.74. The molecule has 8 N–H and O–H groups in total. The van der Waals surface area contributed by atoms with Crippen molar-refractivity contribution in [3.05, 3.63) is 0 Å². The summed E-state index contributed by atoms with van der Waals surface area (Å²) in [6.07, 6.45) is -0.224. The Kier molecular flexibility index (Phi) is 11.3. The normalized spacial score (nSPS) is 10.4. The van der Waals surface area contributed by atoms with E-state index in [0.29, 0.717) is 0 Å². The number of rotatable bonds is 4. The predicted octanol–water partition coefficient (Wildman–Crippen LogP) is -2.39. The van der Waals surface area contributed by atoms with Crippen LogP contribution in [0, 0.1) is 0 Å². The van der Waals surface area contributed by atoms with E-state index in [1.807, 2.05) is 0 Å². The van der Waals surface area contributed by atoms with E-state index < -0.39 is 18.0 Å². The summed E-state index contributed by atoms with van der Waals surface area (Å²) in [6, 6.07) is -1.06. The van der Waals surface area contributed by atoms with E-state index in [0.717, 1.165) is 0 Å². The van der Waals surface area contributed by atoms with Crippen LogP contribution in [-0.2, 0) is 9.59 Å². The third kappa shape index (κ3) is 8.82. The van der Waals surface area contributed by atoms with Crippen molar-refractivity contribution >= 4 is 11.9 Å². The van der Waals surface area contributed by atoms with Gasteiger partial charge in [-0.3, -0.25) is 9.59 Å². The van der Waals surface area contributed by atoms with E-state index in [2.05, 4.69) is 0 Å². The summed E-state index contributed by atoms with van der Waals surface area (Å²) in [6.45, 7) is 0. The van der Waals surface area contributed by atoms with Crippen LogP contribution in [0.1, 0.15) is 12.8 Å². The number of nitrogens with two attached hydrogens (primary N) is 1. The molecule has 0 aliphatic rings. The minimum absolute atomic E-state index is 0. The number of carbonyl (C=O) groups is 2. The molecule has 12 heavy (non-hydrogen) atoms. The van der Waals surface area contributed by atoms with Crippen molar-refractivity contribution in [1.29, 1.82) is 0 Å². The van der Waals surface area contributed by atoms with Crippen molar-refractivity contribution < 1.29 is 30.8 Å². The average Bonchev–Trinajstić information content (AvgIpc) is 1.82. The number of hydrogen-bond acceptors (Lipinski definition) is 3. The molecule has 0 aromatic carbocycles. The predicted molar refractivity (Wildman–Crippen MR) is 39.7 cm³/mol. The van der Waals surface area contributed by atoms with Gasteiger partial charge < -0.3 is 26.9 Å². The minimum atomic E-state index is -1.17. The highest BCUT2D eigenvalue weighted by Gasteiger charge is 2.12. The maximum atomic E-state index is 9.99. The van der Waals surface area contributed by atoms with Gasteiger partial charge in [-0.2, -0.15) is 0 Å². The molecule has 0 saturated heterocycles. The van der Waals surface area contributed by atoms with Crippen molar-refractivity contribution in [3.8, 4) is 0 Å². The van der Waals surface area contributed by atoms with Crippen LogP contribution in [0.15, 0.2) is 0 Å². The van der Waals surface area contributed by atoms with Gasteiger partial charge in [0.1, 0.15) is 6.04 Å². The third-order valence-electron chi connectivity index (χ3n) is 0.986. The summed E-state index contributed by atoms with van der Waals surface area (Å²) >= 11 is 0. The molecule has 0 aliphatic carbocycles. The zero-order chi connectivity index (χ0) is 8.15. The zero-order valence-corrected chi connectivity index (χ0v) is 6.28. The Morgan fingerprint density at radius 2 is 1.67 bits per heavy atom. The number of aliphatic carboxylic acids is 2. The first-order chi connectivity index (χ1) is 4.54. The van der Waals surface area contributed by atoms with E-state index in [9.17, 15) is 9.59 Å². The van der Waals surface area contributed by atoms with Crippen molar-refractivity contribution in [2.45, 2.75) is 18.9 Å². The van der Waals surface area contributed by atoms with E-state index in [1.165, 1.54) is 0 Å². The zero-order valence-electron chi connectivity index (χ0n) is 6.28. The lowest BCUT2D eigenvalue weighted by atomic mass is 10.2. The highest BCUT2D eigenvalue weighted by Crippen LogP contribution is 1.93. The Morgan fingerprint density at radius 1 is 1.25 bits per heavy atom. The van der Waals surface area contributed by atoms with Crippen LogP contribution in [0.3, 0.4) is 0 Å². The van der Waals surface area contributed by atoms with E-state index >= 15 is 0 Å². The maximum absolute atomic E-state index is 9.99. The van der Waals surface area contributed by atoms with Gasteiger partial charge in [0.05, 0.1) is 0 Å². The second-order valence-corrected chi connectivity index (χ2v) is 1.88. The van der Waals surface area contributed by atoms with Crippen molar-refractivity contribution in [3.63, 3.8) is 0 Å². The van der Waals surface area contributed by atoms with E-state index in [-0.39, 0.29) is 23.8 Å². The lowest BCUT2D eigenvalue weighted by Gasteiger charge is -2.01. The molecule has 0 fully saturated rings. The standard InChI is InChI=1S/C5H9NO4.2H2O/c6-3(5(9)10)1-2-4(7)8;;/h3H,1-2,6H2,(H,7,8)(H,9,10);2*1H2/t3-;;/m0../s1. The molecule has 0 rings (SSSR count). The molecule has 0 radical (unpaired) electrons. The monoisotopic (exact) mass is 183 g/mol. The van der Waals surface area contributed by atoms with Crippen LogP contribution in [0.25, 0.3) is 0 Å². The summed E-state index contributed by atoms with van der Waals surface area (Å²) in [7, 11) is 0. The van der Waals surface area contributed by atoms with Gasteiger partial charge in [0.25, 0.3) is 0 Å². The second-order valence-electron chi connectivity index (χ2n) is 1.88. The van der Waals surface area contributed by atoms with E-state index in [1.54, 1.807) is 0 Å². The van der Waals surface area contributed by atoms with Gasteiger partial charge in [0.15, 0.2) is 0 Å². The lowest BCUT2D eigenvalue weighted by Crippen LogP contribution is -2.30. The summed E-state index contributed by atoms with van der Waals surface area (Å²) in [5, 5.41) is 16.3. The third-order valence-corrected chi connectivity index (χ3v) is 0.986. The summed E-state index contributed by atoms with van der Waals surface area (Å²) in [5.74, 6) is -2.20. The summed E-state index contributed by atoms with van der Waals surface area (Å²) in [5.41, 5.74) is 5.00. The van der Waals surface area contributed by atoms with Gasteiger partial charge in [0, 0.05) is 6.42 Å². The summed E-state index contributed by atoms with van der Waals surface area (Å²) in [4.78, 5) is 19.9. The van der Waals surface area contributed by atoms with Crippen LogP contribution in [0.5, 0.6) is 0 Å². The first kappa shape index (κ1) is 17.1. The Labute approximate surface area is 68.4 Å². The molecule has 0 aromatic rings. The quantitative estimate of drug-likeness (QED) is 0.441. The van der Waals surface area contributed by atoms with Crippen LogP contribution >= 0.6 is 0 Å². The molecule has 0 unspecified atom stereocenters. The van der Waals surface area contributed by atoms with Crippen molar-refractivity contribution in [2.24, 2.45) is 5.73 Å². The van der Waals surface area contributed by atoms with Crippen LogP contribution in [-0.4, -0.2) is 39.1 Å². The van der Waals surface area contributed by atoms with Gasteiger partial charge in [-0.25, -0.2) is 0 Å². The van der Waals surface area contributed by atoms with Gasteiger partial charge in [-0.05, 0) is 6.42 Å². The number of hydrogen-bond donors (Lipinski definition) is 3. The van der Waals surface area contributed by atoms with E-state index in [4.69, 9.17) is 15.9 Å². The fourth-order valence-corrected chi connectivity index (χ4v) is 0.402. The molecule has 0 aromatic heterocycles. The second kappa shape index (κ2) is 7.92. The number of carboxylic acids is 2. The Hall–Kier alpha value is -1.18. The van der Waals surface area contributed by atoms with Gasteiger partial charge >= 0.3 is 11.9 Å². The highest BCUT2D eigenvalue weighted by molar-refractivity contribution is 5.74. The molecule has 1 atom stereocenters.